The highest BCUT2D eigenvalue weighted by Gasteiger charge is 2.28. The molecule has 0 heterocycles. The lowest BCUT2D eigenvalue weighted by atomic mass is 9.93. The van der Waals surface area contributed by atoms with E-state index in [9.17, 15) is 22.9 Å². The quantitative estimate of drug-likeness (QED) is 0.139. The topological polar surface area (TPSA) is 158 Å². The summed E-state index contributed by atoms with van der Waals surface area (Å²) in [6.45, 7) is 1.78. The number of rotatable bonds is 7. The summed E-state index contributed by atoms with van der Waals surface area (Å²) in [5.74, 6) is -0.466. The van der Waals surface area contributed by atoms with E-state index in [1.54, 1.807) is 43.3 Å². The number of nitrogens with zero attached hydrogens (tertiary/aromatic N) is 3. The van der Waals surface area contributed by atoms with Gasteiger partial charge in [0.15, 0.2) is 5.75 Å². The predicted octanol–water partition coefficient (Wildman–Crippen LogP) is 5.44. The Labute approximate surface area is 220 Å². The summed E-state index contributed by atoms with van der Waals surface area (Å²) in [5.41, 5.74) is 7.96. The van der Waals surface area contributed by atoms with Gasteiger partial charge in [-0.1, -0.05) is 30.3 Å². The van der Waals surface area contributed by atoms with Crippen molar-refractivity contribution in [2.45, 2.75) is 13.1 Å². The first-order valence-corrected chi connectivity index (χ1v) is 13.0. The molecule has 5 N–H and O–H groups in total. The Bertz CT molecular complexity index is 1650. The van der Waals surface area contributed by atoms with Gasteiger partial charge in [0.1, 0.15) is 5.69 Å². The van der Waals surface area contributed by atoms with E-state index in [-0.39, 0.29) is 17.4 Å². The number of nitrogens with one attached hydrogen (secondary N) is 1. The van der Waals surface area contributed by atoms with E-state index in [0.29, 0.717) is 22.3 Å². The van der Waals surface area contributed by atoms with Gasteiger partial charge in [0.25, 0.3) is 0 Å². The van der Waals surface area contributed by atoms with Crippen LogP contribution in [-0.2, 0) is 10.1 Å². The van der Waals surface area contributed by atoms with Gasteiger partial charge in [-0.05, 0) is 60.3 Å². The molecule has 1 unspecified atom stereocenters. The van der Waals surface area contributed by atoms with Crippen molar-refractivity contribution in [1.29, 1.82) is 0 Å². The fourth-order valence-electron chi connectivity index (χ4n) is 4.07. The summed E-state index contributed by atoms with van der Waals surface area (Å²) in [4.78, 5) is 14.6. The van der Waals surface area contributed by atoms with Gasteiger partial charge in [0.2, 0.25) is 0 Å². The van der Waals surface area contributed by atoms with Gasteiger partial charge in [-0.3, -0.25) is 9.35 Å². The fraction of sp³-hybridized carbons (Fsp3) is 0.148. The molecule has 0 spiro atoms. The standard InChI is InChI=1S/C27H27N5O5S/c1-16(28)29-23-9-5-6-19-20(23)7-4-8-21(19)25-22(27(34)38(35,36)37)14-15-24(26(25)33)31-30-17-10-12-18(13-11-17)32(2)3/h4-16,29,33H,28H2,1-3H3,(H,35,36,37). The van der Waals surface area contributed by atoms with Crippen LogP contribution in [0.4, 0.5) is 22.7 Å². The van der Waals surface area contributed by atoms with Crippen molar-refractivity contribution in [1.82, 2.24) is 0 Å². The molecule has 0 radical (unpaired) electrons. The maximum Gasteiger partial charge on any atom is 0.333 e. The van der Waals surface area contributed by atoms with Crippen molar-refractivity contribution in [2.24, 2.45) is 16.0 Å². The molecule has 38 heavy (non-hydrogen) atoms. The molecule has 0 aliphatic heterocycles. The second kappa shape index (κ2) is 10.6. The Kier molecular flexibility index (Phi) is 7.44. The third-order valence-corrected chi connectivity index (χ3v) is 6.51. The van der Waals surface area contributed by atoms with Crippen molar-refractivity contribution in [2.75, 3.05) is 24.3 Å². The minimum atomic E-state index is -5.10. The number of anilines is 2. The number of hydrogen-bond acceptors (Lipinski definition) is 9. The van der Waals surface area contributed by atoms with Gasteiger partial charge >= 0.3 is 15.2 Å². The van der Waals surface area contributed by atoms with E-state index in [1.165, 1.54) is 12.1 Å². The molecule has 1 atom stereocenters. The number of carbonyl (C=O) groups excluding carboxylic acids is 1. The number of azo groups is 1. The van der Waals surface area contributed by atoms with Crippen LogP contribution in [0.15, 0.2) is 83.0 Å². The van der Waals surface area contributed by atoms with Crippen LogP contribution in [-0.4, -0.2) is 43.5 Å². The number of nitrogens with two attached hydrogens (primary N) is 1. The molecule has 4 aromatic rings. The smallest absolute Gasteiger partial charge is 0.333 e. The molecule has 0 fully saturated rings. The molecule has 11 heteroatoms. The molecule has 4 rings (SSSR count). The monoisotopic (exact) mass is 533 g/mol. The third-order valence-electron chi connectivity index (χ3n) is 5.82. The minimum Gasteiger partial charge on any atom is -0.505 e. The van der Waals surface area contributed by atoms with Crippen LogP contribution < -0.4 is 16.0 Å². The first kappa shape index (κ1) is 26.7. The normalized spacial score (nSPS) is 12.6. The summed E-state index contributed by atoms with van der Waals surface area (Å²) >= 11 is 0. The van der Waals surface area contributed by atoms with Gasteiger partial charge in [-0.15, -0.1) is 5.11 Å². The summed E-state index contributed by atoms with van der Waals surface area (Å²) in [6, 6.07) is 20.2. The maximum absolute atomic E-state index is 12.7. The van der Waals surface area contributed by atoms with Crippen LogP contribution in [0.25, 0.3) is 21.9 Å². The highest BCUT2D eigenvalue weighted by atomic mass is 32.2. The summed E-state index contributed by atoms with van der Waals surface area (Å²) in [5, 5.41) is 22.5. The van der Waals surface area contributed by atoms with Crippen molar-refractivity contribution in [3.8, 4) is 16.9 Å². The molecule has 0 amide bonds. The van der Waals surface area contributed by atoms with Crippen LogP contribution in [0.3, 0.4) is 0 Å². The molecule has 0 saturated carbocycles. The number of phenolic OH excluding ortho intramolecular Hbond substituents is 1. The predicted molar refractivity (Wildman–Crippen MR) is 149 cm³/mol. The number of fused-ring (bicyclic) bond motifs is 1. The summed E-state index contributed by atoms with van der Waals surface area (Å²) < 4.78 is 33.1. The number of carbonyl (C=O) groups is 1. The summed E-state index contributed by atoms with van der Waals surface area (Å²) in [7, 11) is -1.27. The average molecular weight is 534 g/mol. The van der Waals surface area contributed by atoms with E-state index in [4.69, 9.17) is 5.73 Å². The average Bonchev–Trinajstić information content (AvgIpc) is 2.87. The van der Waals surface area contributed by atoms with Crippen LogP contribution in [0.5, 0.6) is 5.75 Å². The van der Waals surface area contributed by atoms with E-state index >= 15 is 0 Å². The first-order chi connectivity index (χ1) is 18.0. The molecule has 0 bridgehead atoms. The molecule has 10 nitrogen and oxygen atoms in total. The second-order valence-corrected chi connectivity index (χ2v) is 10.2. The zero-order chi connectivity index (χ0) is 27.6. The Morgan fingerprint density at radius 3 is 2.24 bits per heavy atom. The van der Waals surface area contributed by atoms with Gasteiger partial charge in [0, 0.05) is 42.0 Å². The van der Waals surface area contributed by atoms with E-state index < -0.39 is 26.5 Å². The molecule has 0 saturated heterocycles. The van der Waals surface area contributed by atoms with E-state index in [0.717, 1.165) is 11.1 Å². The molecule has 4 aromatic carbocycles. The van der Waals surface area contributed by atoms with Gasteiger partial charge in [0.05, 0.1) is 11.9 Å². The lowest BCUT2D eigenvalue weighted by Crippen LogP contribution is -2.25. The van der Waals surface area contributed by atoms with Crippen molar-refractivity contribution in [3.05, 3.63) is 78.4 Å². The van der Waals surface area contributed by atoms with Crippen LogP contribution in [0.2, 0.25) is 0 Å². The van der Waals surface area contributed by atoms with Crippen molar-refractivity contribution < 1.29 is 22.9 Å². The first-order valence-electron chi connectivity index (χ1n) is 11.6. The Morgan fingerprint density at radius 2 is 1.61 bits per heavy atom. The lowest BCUT2D eigenvalue weighted by Gasteiger charge is -2.17. The molecule has 0 aromatic heterocycles. The molecular weight excluding hydrogens is 506 g/mol. The SMILES string of the molecule is CC(N)Nc1cccc2c(-c3c(C(=O)S(=O)(=O)O)ccc(N=Nc4ccc(N(C)C)cc4)c3O)cccc12. The van der Waals surface area contributed by atoms with Gasteiger partial charge in [-0.2, -0.15) is 13.5 Å². The van der Waals surface area contributed by atoms with Crippen molar-refractivity contribution >= 4 is 48.8 Å². The zero-order valence-electron chi connectivity index (χ0n) is 21.0. The van der Waals surface area contributed by atoms with Crippen LogP contribution >= 0.6 is 0 Å². The Hall–Kier alpha value is -4.32. The van der Waals surface area contributed by atoms with Gasteiger partial charge in [-0.25, -0.2) is 0 Å². The zero-order valence-corrected chi connectivity index (χ0v) is 21.8. The highest BCUT2D eigenvalue weighted by Crippen LogP contribution is 2.44. The molecule has 0 aliphatic rings. The van der Waals surface area contributed by atoms with Crippen molar-refractivity contribution in [3.63, 3.8) is 0 Å². The minimum absolute atomic E-state index is 0.00503. The van der Waals surface area contributed by atoms with Crippen LogP contribution in [0, 0.1) is 0 Å². The third kappa shape index (κ3) is 5.49. The van der Waals surface area contributed by atoms with E-state index in [2.05, 4.69) is 15.5 Å². The fourth-order valence-corrected chi connectivity index (χ4v) is 4.52. The number of benzene rings is 4. The summed E-state index contributed by atoms with van der Waals surface area (Å²) in [6.07, 6.45) is -0.357. The molecule has 0 aliphatic carbocycles. The molecule has 196 valence electrons. The maximum atomic E-state index is 12.7. The molecular formula is C27H27N5O5S. The van der Waals surface area contributed by atoms with Gasteiger partial charge < -0.3 is 21.1 Å². The largest absolute Gasteiger partial charge is 0.505 e. The highest BCUT2D eigenvalue weighted by molar-refractivity contribution is 8.01. The second-order valence-electron chi connectivity index (χ2n) is 8.87. The van der Waals surface area contributed by atoms with Crippen LogP contribution in [0.1, 0.15) is 17.3 Å². The lowest BCUT2D eigenvalue weighted by molar-refractivity contribution is 0.106. The van der Waals surface area contributed by atoms with E-state index in [1.807, 2.05) is 43.3 Å². The number of hydrogen-bond donors (Lipinski definition) is 4. The number of phenols is 1. The Morgan fingerprint density at radius 1 is 0.947 bits per heavy atom. The number of aromatic hydroxyl groups is 1. The Balaban J connectivity index is 1.92.